The number of benzene rings is 2. The van der Waals surface area contributed by atoms with Crippen LogP contribution in [0.3, 0.4) is 0 Å². The molecule has 6 nitrogen and oxygen atoms in total. The summed E-state index contributed by atoms with van der Waals surface area (Å²) in [6, 6.07) is 10.4. The maximum Gasteiger partial charge on any atom is 0.573 e. The van der Waals surface area contributed by atoms with Crippen LogP contribution in [-0.4, -0.2) is 49.6 Å². The number of carbonyl (C=O) groups is 1. The van der Waals surface area contributed by atoms with Crippen LogP contribution in [0.5, 0.6) is 5.75 Å². The number of hydrogen-bond donors (Lipinski definition) is 2. The van der Waals surface area contributed by atoms with E-state index in [-0.39, 0.29) is 18.4 Å². The third-order valence-corrected chi connectivity index (χ3v) is 5.45. The third-order valence-electron chi connectivity index (χ3n) is 4.71. The van der Waals surface area contributed by atoms with Crippen molar-refractivity contribution in [3.05, 3.63) is 63.6 Å². The van der Waals surface area contributed by atoms with Gasteiger partial charge < -0.3 is 20.1 Å². The van der Waals surface area contributed by atoms with Gasteiger partial charge in [0.15, 0.2) is 0 Å². The van der Waals surface area contributed by atoms with E-state index in [1.165, 1.54) is 24.3 Å². The first kappa shape index (κ1) is 24.4. The maximum absolute atomic E-state index is 12.2. The van der Waals surface area contributed by atoms with Gasteiger partial charge in [-0.3, -0.25) is 4.90 Å². The number of nitrogens with zero attached hydrogens (tertiary/aromatic N) is 1. The van der Waals surface area contributed by atoms with Crippen molar-refractivity contribution in [2.75, 3.05) is 26.2 Å². The lowest BCUT2D eigenvalue weighted by atomic mass is 10.2. The molecule has 174 valence electrons. The Balaban J connectivity index is 1.39. The van der Waals surface area contributed by atoms with Crippen LogP contribution >= 0.6 is 23.2 Å². The van der Waals surface area contributed by atoms with Crippen LogP contribution in [0.2, 0.25) is 10.0 Å². The molecule has 1 aliphatic heterocycles. The average molecular weight is 492 g/mol. The number of ether oxygens (including phenoxy) is 2. The quantitative estimate of drug-likeness (QED) is 0.594. The minimum absolute atomic E-state index is 0.160. The first-order valence-electron chi connectivity index (χ1n) is 9.82. The Labute approximate surface area is 193 Å². The zero-order valence-electron chi connectivity index (χ0n) is 16.9. The van der Waals surface area contributed by atoms with Crippen molar-refractivity contribution < 1.29 is 27.4 Å². The number of nitrogens with one attached hydrogen (secondary N) is 2. The fourth-order valence-corrected chi connectivity index (χ4v) is 3.52. The second kappa shape index (κ2) is 11.1. The molecule has 2 amide bonds. The van der Waals surface area contributed by atoms with Crippen molar-refractivity contribution >= 4 is 29.2 Å². The van der Waals surface area contributed by atoms with Crippen LogP contribution < -0.4 is 15.4 Å². The van der Waals surface area contributed by atoms with E-state index in [1.807, 2.05) is 12.1 Å². The Morgan fingerprint density at radius 3 is 2.50 bits per heavy atom. The Bertz CT molecular complexity index is 913. The van der Waals surface area contributed by atoms with Crippen molar-refractivity contribution in [1.82, 2.24) is 15.5 Å². The van der Waals surface area contributed by atoms with E-state index in [9.17, 15) is 18.0 Å². The third kappa shape index (κ3) is 8.05. The number of carbonyl (C=O) groups excluding carboxylic acids is 1. The monoisotopic (exact) mass is 491 g/mol. The number of morpholine rings is 1. The highest BCUT2D eigenvalue weighted by atomic mass is 35.5. The zero-order chi connectivity index (χ0) is 23.1. The first-order valence-corrected chi connectivity index (χ1v) is 10.6. The van der Waals surface area contributed by atoms with E-state index >= 15 is 0 Å². The SMILES string of the molecule is O=C(NCc1ccc(OC(F)(F)F)cc1)NCC1CN(Cc2ccc(Cl)c(Cl)c2)CCO1. The van der Waals surface area contributed by atoms with Gasteiger partial charge >= 0.3 is 12.4 Å². The summed E-state index contributed by atoms with van der Waals surface area (Å²) >= 11 is 12.0. The Morgan fingerprint density at radius 1 is 1.09 bits per heavy atom. The summed E-state index contributed by atoms with van der Waals surface area (Å²) in [7, 11) is 0. The van der Waals surface area contributed by atoms with Crippen molar-refractivity contribution in [3.63, 3.8) is 0 Å². The molecule has 32 heavy (non-hydrogen) atoms. The second-order valence-electron chi connectivity index (χ2n) is 7.23. The highest BCUT2D eigenvalue weighted by Gasteiger charge is 2.31. The average Bonchev–Trinajstić information content (AvgIpc) is 2.74. The Kier molecular flexibility index (Phi) is 8.47. The predicted molar refractivity (Wildman–Crippen MR) is 115 cm³/mol. The largest absolute Gasteiger partial charge is 0.573 e. The molecule has 3 rings (SSSR count). The summed E-state index contributed by atoms with van der Waals surface area (Å²) in [5.41, 5.74) is 1.67. The highest BCUT2D eigenvalue weighted by molar-refractivity contribution is 6.42. The van der Waals surface area contributed by atoms with Gasteiger partial charge in [-0.1, -0.05) is 41.4 Å². The Morgan fingerprint density at radius 2 is 1.81 bits per heavy atom. The van der Waals surface area contributed by atoms with Crippen molar-refractivity contribution in [2.24, 2.45) is 0 Å². The lowest BCUT2D eigenvalue weighted by Gasteiger charge is -2.33. The Hall–Kier alpha value is -2.20. The summed E-state index contributed by atoms with van der Waals surface area (Å²) < 4.78 is 46.1. The molecule has 1 saturated heterocycles. The van der Waals surface area contributed by atoms with E-state index in [1.54, 1.807) is 6.07 Å². The number of hydrogen-bond acceptors (Lipinski definition) is 4. The number of amides is 2. The van der Waals surface area contributed by atoms with E-state index in [2.05, 4.69) is 20.3 Å². The molecule has 11 heteroatoms. The van der Waals surface area contributed by atoms with Gasteiger partial charge in [-0.15, -0.1) is 13.2 Å². The fraction of sp³-hybridized carbons (Fsp3) is 0.381. The molecular weight excluding hydrogens is 470 g/mol. The topological polar surface area (TPSA) is 62.8 Å². The van der Waals surface area contributed by atoms with Crippen LogP contribution in [0.1, 0.15) is 11.1 Å². The molecule has 1 heterocycles. The zero-order valence-corrected chi connectivity index (χ0v) is 18.4. The molecule has 1 aliphatic rings. The van der Waals surface area contributed by atoms with Crippen molar-refractivity contribution in [1.29, 1.82) is 0 Å². The molecule has 0 spiro atoms. The van der Waals surface area contributed by atoms with Gasteiger partial charge in [0.05, 0.1) is 22.8 Å². The van der Waals surface area contributed by atoms with E-state index in [0.717, 1.165) is 12.1 Å². The van der Waals surface area contributed by atoms with Crippen LogP contribution in [0.25, 0.3) is 0 Å². The normalized spacial score (nSPS) is 17.1. The lowest BCUT2D eigenvalue weighted by Crippen LogP contribution is -2.48. The maximum atomic E-state index is 12.2. The smallest absolute Gasteiger partial charge is 0.406 e. The van der Waals surface area contributed by atoms with E-state index in [0.29, 0.717) is 41.8 Å². The molecule has 2 aromatic rings. The molecule has 0 aromatic heterocycles. The summed E-state index contributed by atoms with van der Waals surface area (Å²) in [6.07, 6.45) is -4.91. The number of urea groups is 1. The molecule has 2 aromatic carbocycles. The number of halogens is 5. The van der Waals surface area contributed by atoms with Gasteiger partial charge in [0.25, 0.3) is 0 Å². The minimum atomic E-state index is -4.74. The summed E-state index contributed by atoms with van der Waals surface area (Å²) in [4.78, 5) is 14.3. The molecular formula is C21H22Cl2F3N3O3. The van der Waals surface area contributed by atoms with Gasteiger partial charge in [0, 0.05) is 32.7 Å². The summed E-state index contributed by atoms with van der Waals surface area (Å²) in [5.74, 6) is -0.314. The van der Waals surface area contributed by atoms with Crippen LogP contribution in [0.15, 0.2) is 42.5 Å². The van der Waals surface area contributed by atoms with E-state index < -0.39 is 12.4 Å². The second-order valence-corrected chi connectivity index (χ2v) is 8.05. The van der Waals surface area contributed by atoms with Crippen molar-refractivity contribution in [3.8, 4) is 5.75 Å². The minimum Gasteiger partial charge on any atom is -0.406 e. The summed E-state index contributed by atoms with van der Waals surface area (Å²) in [6.45, 7) is 3.12. The van der Waals surface area contributed by atoms with Crippen LogP contribution in [0, 0.1) is 0 Å². The summed E-state index contributed by atoms with van der Waals surface area (Å²) in [5, 5.41) is 6.43. The molecule has 0 radical (unpaired) electrons. The van der Waals surface area contributed by atoms with Crippen molar-refractivity contribution in [2.45, 2.75) is 25.6 Å². The van der Waals surface area contributed by atoms with E-state index in [4.69, 9.17) is 27.9 Å². The first-order chi connectivity index (χ1) is 15.2. The molecule has 1 fully saturated rings. The lowest BCUT2D eigenvalue weighted by molar-refractivity contribution is -0.274. The van der Waals surface area contributed by atoms with Gasteiger partial charge in [-0.25, -0.2) is 4.79 Å². The van der Waals surface area contributed by atoms with Crippen LogP contribution in [0.4, 0.5) is 18.0 Å². The van der Waals surface area contributed by atoms with Gasteiger partial charge in [-0.05, 0) is 35.4 Å². The van der Waals surface area contributed by atoms with Gasteiger partial charge in [0.1, 0.15) is 5.75 Å². The molecule has 1 atom stereocenters. The van der Waals surface area contributed by atoms with Gasteiger partial charge in [0.2, 0.25) is 0 Å². The molecule has 0 saturated carbocycles. The van der Waals surface area contributed by atoms with Crippen LogP contribution in [-0.2, 0) is 17.8 Å². The van der Waals surface area contributed by atoms with Gasteiger partial charge in [-0.2, -0.15) is 0 Å². The molecule has 0 bridgehead atoms. The molecule has 1 unspecified atom stereocenters. The number of rotatable bonds is 7. The highest BCUT2D eigenvalue weighted by Crippen LogP contribution is 2.24. The molecule has 2 N–H and O–H groups in total. The number of alkyl halides is 3. The fourth-order valence-electron chi connectivity index (χ4n) is 3.20. The molecule has 0 aliphatic carbocycles. The standard InChI is InChI=1S/C21H22Cl2F3N3O3/c22-18-6-3-15(9-19(18)23)12-29-7-8-31-17(13-29)11-28-20(30)27-10-14-1-4-16(5-2-14)32-21(24,25)26/h1-6,9,17H,7-8,10-13H2,(H2,27,28,30). The predicted octanol–water partition coefficient (Wildman–Crippen LogP) is 4.59.